The molecular formula is C13H14ClNO5. The van der Waals surface area contributed by atoms with Gasteiger partial charge in [-0.2, -0.15) is 0 Å². The van der Waals surface area contributed by atoms with Gasteiger partial charge in [0.1, 0.15) is 13.2 Å². The summed E-state index contributed by atoms with van der Waals surface area (Å²) in [5.74, 6) is -0.435. The summed E-state index contributed by atoms with van der Waals surface area (Å²) in [5.41, 5.74) is 0.567. The molecule has 0 bridgehead atoms. The van der Waals surface area contributed by atoms with Gasteiger partial charge in [-0.05, 0) is 17.7 Å². The Morgan fingerprint density at radius 1 is 1.40 bits per heavy atom. The Balaban J connectivity index is 2.34. The highest BCUT2D eigenvalue weighted by Crippen LogP contribution is 2.40. The molecule has 0 spiro atoms. The summed E-state index contributed by atoms with van der Waals surface area (Å²) in [6.45, 7) is 2.14. The Kier molecular flexibility index (Phi) is 4.34. The van der Waals surface area contributed by atoms with E-state index in [0.717, 1.165) is 0 Å². The zero-order valence-electron chi connectivity index (χ0n) is 10.8. The summed E-state index contributed by atoms with van der Waals surface area (Å²) < 4.78 is 10.8. The normalized spacial score (nSPS) is 14.5. The molecule has 1 heterocycles. The van der Waals surface area contributed by atoms with Crippen LogP contribution in [0.5, 0.6) is 11.5 Å². The highest BCUT2D eigenvalue weighted by molar-refractivity contribution is 6.32. The van der Waals surface area contributed by atoms with E-state index in [-0.39, 0.29) is 12.3 Å². The molecule has 1 aromatic rings. The summed E-state index contributed by atoms with van der Waals surface area (Å²) in [6, 6.07) is 2.56. The number of carbonyl (C=O) groups excluding carboxylic acids is 1. The van der Waals surface area contributed by atoms with Crippen LogP contribution < -0.4 is 14.8 Å². The number of fused-ring (bicyclic) bond motifs is 1. The number of hydrogen-bond donors (Lipinski definition) is 2. The van der Waals surface area contributed by atoms with Gasteiger partial charge < -0.3 is 19.9 Å². The van der Waals surface area contributed by atoms with E-state index in [1.165, 1.54) is 6.92 Å². The van der Waals surface area contributed by atoms with Gasteiger partial charge in [0.15, 0.2) is 11.5 Å². The van der Waals surface area contributed by atoms with Gasteiger partial charge in [-0.25, -0.2) is 0 Å². The highest BCUT2D eigenvalue weighted by Gasteiger charge is 2.22. The molecule has 108 valence electrons. The average Bonchev–Trinajstić information content (AvgIpc) is 2.37. The number of benzene rings is 1. The molecule has 1 aliphatic rings. The first-order valence-corrected chi connectivity index (χ1v) is 6.43. The van der Waals surface area contributed by atoms with Crippen LogP contribution >= 0.6 is 11.6 Å². The molecule has 0 saturated carbocycles. The lowest BCUT2D eigenvalue weighted by atomic mass is 10.0. The van der Waals surface area contributed by atoms with Crippen molar-refractivity contribution >= 4 is 23.5 Å². The molecule has 1 aliphatic heterocycles. The highest BCUT2D eigenvalue weighted by atomic mass is 35.5. The Hall–Kier alpha value is -1.95. The third kappa shape index (κ3) is 3.33. The molecule has 0 aromatic heterocycles. The monoisotopic (exact) mass is 299 g/mol. The number of carboxylic acids is 1. The third-order valence-corrected chi connectivity index (χ3v) is 3.06. The fourth-order valence-corrected chi connectivity index (χ4v) is 2.28. The maximum Gasteiger partial charge on any atom is 0.305 e. The van der Waals surface area contributed by atoms with Crippen LogP contribution in [0.2, 0.25) is 5.02 Å². The van der Waals surface area contributed by atoms with Crippen molar-refractivity contribution in [3.05, 3.63) is 22.7 Å². The minimum atomic E-state index is -1.02. The minimum absolute atomic E-state index is 0.241. The van der Waals surface area contributed by atoms with Gasteiger partial charge in [0, 0.05) is 6.92 Å². The van der Waals surface area contributed by atoms with Gasteiger partial charge in [0.05, 0.1) is 17.5 Å². The van der Waals surface area contributed by atoms with E-state index in [4.69, 9.17) is 26.2 Å². The van der Waals surface area contributed by atoms with E-state index < -0.39 is 12.0 Å². The van der Waals surface area contributed by atoms with E-state index in [0.29, 0.717) is 35.3 Å². The molecule has 7 heteroatoms. The maximum absolute atomic E-state index is 11.2. The van der Waals surface area contributed by atoms with Crippen molar-refractivity contribution in [1.82, 2.24) is 5.32 Å². The van der Waals surface area contributed by atoms with Crippen LogP contribution in [-0.4, -0.2) is 30.2 Å². The van der Waals surface area contributed by atoms with Gasteiger partial charge in [0.25, 0.3) is 0 Å². The molecule has 0 saturated heterocycles. The first kappa shape index (κ1) is 14.5. The van der Waals surface area contributed by atoms with Crippen LogP contribution in [0.25, 0.3) is 0 Å². The first-order chi connectivity index (χ1) is 9.47. The smallest absolute Gasteiger partial charge is 0.305 e. The van der Waals surface area contributed by atoms with Crippen molar-refractivity contribution in [3.8, 4) is 11.5 Å². The second-order valence-electron chi connectivity index (χ2n) is 4.38. The number of halogens is 1. The third-order valence-electron chi connectivity index (χ3n) is 2.78. The van der Waals surface area contributed by atoms with Gasteiger partial charge in [0.2, 0.25) is 5.91 Å². The SMILES string of the molecule is CC(=O)NC(CC(=O)O)c1cc(Cl)c2c(c1)OCCO2. The summed E-state index contributed by atoms with van der Waals surface area (Å²) in [5, 5.41) is 11.8. The Bertz CT molecular complexity index is 530. The van der Waals surface area contributed by atoms with E-state index >= 15 is 0 Å². The minimum Gasteiger partial charge on any atom is -0.486 e. The van der Waals surface area contributed by atoms with E-state index in [2.05, 4.69) is 5.32 Å². The van der Waals surface area contributed by atoms with Crippen molar-refractivity contribution in [2.24, 2.45) is 0 Å². The molecule has 1 atom stereocenters. The Labute approximate surface area is 120 Å². The van der Waals surface area contributed by atoms with Gasteiger partial charge in [-0.3, -0.25) is 9.59 Å². The summed E-state index contributed by atoms with van der Waals surface area (Å²) in [4.78, 5) is 22.1. The molecular weight excluding hydrogens is 286 g/mol. The number of carboxylic acid groups (broad SMARTS) is 1. The van der Waals surface area contributed by atoms with Crippen LogP contribution in [0.1, 0.15) is 24.9 Å². The van der Waals surface area contributed by atoms with Gasteiger partial charge in [-0.1, -0.05) is 11.6 Å². The van der Waals surface area contributed by atoms with Crippen molar-refractivity contribution in [2.75, 3.05) is 13.2 Å². The first-order valence-electron chi connectivity index (χ1n) is 6.05. The average molecular weight is 300 g/mol. The largest absolute Gasteiger partial charge is 0.486 e. The predicted octanol–water partition coefficient (Wildman–Crippen LogP) is 1.76. The molecule has 6 nitrogen and oxygen atoms in total. The fourth-order valence-electron chi connectivity index (χ4n) is 2.00. The van der Waals surface area contributed by atoms with Crippen LogP contribution in [0.15, 0.2) is 12.1 Å². The van der Waals surface area contributed by atoms with E-state index in [1.54, 1.807) is 12.1 Å². The van der Waals surface area contributed by atoms with Crippen LogP contribution in [0, 0.1) is 0 Å². The molecule has 0 fully saturated rings. The second kappa shape index (κ2) is 6.00. The molecule has 1 aromatic carbocycles. The number of nitrogens with one attached hydrogen (secondary N) is 1. The van der Waals surface area contributed by atoms with Crippen molar-refractivity contribution in [2.45, 2.75) is 19.4 Å². The Morgan fingerprint density at radius 2 is 2.10 bits per heavy atom. The van der Waals surface area contributed by atoms with E-state index in [1.807, 2.05) is 0 Å². The van der Waals surface area contributed by atoms with Crippen LogP contribution in [-0.2, 0) is 9.59 Å². The van der Waals surface area contributed by atoms with Crippen molar-refractivity contribution in [1.29, 1.82) is 0 Å². The number of aliphatic carboxylic acids is 1. The predicted molar refractivity (Wildman–Crippen MR) is 71.3 cm³/mol. The van der Waals surface area contributed by atoms with Gasteiger partial charge >= 0.3 is 5.97 Å². The summed E-state index contributed by atoms with van der Waals surface area (Å²) in [6.07, 6.45) is -0.241. The lowest BCUT2D eigenvalue weighted by molar-refractivity contribution is -0.137. The molecule has 20 heavy (non-hydrogen) atoms. The number of amides is 1. The lowest BCUT2D eigenvalue weighted by Crippen LogP contribution is -2.28. The zero-order valence-corrected chi connectivity index (χ0v) is 11.6. The molecule has 0 aliphatic carbocycles. The quantitative estimate of drug-likeness (QED) is 0.885. The zero-order chi connectivity index (χ0) is 14.7. The fraction of sp³-hybridized carbons (Fsp3) is 0.385. The topological polar surface area (TPSA) is 84.9 Å². The maximum atomic E-state index is 11.2. The Morgan fingerprint density at radius 3 is 2.75 bits per heavy atom. The summed E-state index contributed by atoms with van der Waals surface area (Å²) in [7, 11) is 0. The number of hydrogen-bond acceptors (Lipinski definition) is 4. The van der Waals surface area contributed by atoms with E-state index in [9.17, 15) is 9.59 Å². The number of ether oxygens (including phenoxy) is 2. The van der Waals surface area contributed by atoms with Crippen LogP contribution in [0.4, 0.5) is 0 Å². The standard InChI is InChI=1S/C13H14ClNO5/c1-7(16)15-10(6-12(17)18)8-4-9(14)13-11(5-8)19-2-3-20-13/h4-5,10H,2-3,6H2,1H3,(H,15,16)(H,17,18). The van der Waals surface area contributed by atoms with Gasteiger partial charge in [-0.15, -0.1) is 0 Å². The summed E-state index contributed by atoms with van der Waals surface area (Å²) >= 11 is 6.10. The molecule has 0 radical (unpaired) electrons. The second-order valence-corrected chi connectivity index (χ2v) is 4.79. The molecule has 1 unspecified atom stereocenters. The molecule has 2 rings (SSSR count). The van der Waals surface area contributed by atoms with Crippen molar-refractivity contribution in [3.63, 3.8) is 0 Å². The lowest BCUT2D eigenvalue weighted by Gasteiger charge is -2.23. The van der Waals surface area contributed by atoms with Crippen LogP contribution in [0.3, 0.4) is 0 Å². The molecule has 2 N–H and O–H groups in total. The molecule has 1 amide bonds. The number of rotatable bonds is 4. The number of carbonyl (C=O) groups is 2. The van der Waals surface area contributed by atoms with Crippen molar-refractivity contribution < 1.29 is 24.2 Å².